The van der Waals surface area contributed by atoms with Crippen molar-refractivity contribution in [3.05, 3.63) is 46.0 Å². The van der Waals surface area contributed by atoms with Gasteiger partial charge in [-0.15, -0.1) is 0 Å². The summed E-state index contributed by atoms with van der Waals surface area (Å²) in [5.74, 6) is 4.68. The lowest BCUT2D eigenvalue weighted by Crippen LogP contribution is -2.30. The summed E-state index contributed by atoms with van der Waals surface area (Å²) in [4.78, 5) is 15.5. The minimum absolute atomic E-state index is 0.367. The maximum atomic E-state index is 11.3. The number of nitrogen functional groups attached to an aromatic ring is 1. The van der Waals surface area contributed by atoms with Crippen molar-refractivity contribution in [1.29, 1.82) is 0 Å². The number of carbonyl (C=O) groups is 1. The Bertz CT molecular complexity index is 605. The van der Waals surface area contributed by atoms with Crippen LogP contribution in [-0.2, 0) is 6.54 Å². The van der Waals surface area contributed by atoms with Crippen LogP contribution in [0.5, 0.6) is 0 Å². The standard InChI is InChI=1S/C12H14ClN5O/c1-7-11(13)8(2)18(17-7)6-10-4-3-9(5-15-10)12(19)16-14/h3-5H,6,14H2,1-2H3,(H,16,19). The molecule has 0 fully saturated rings. The van der Waals surface area contributed by atoms with Crippen LogP contribution in [0.25, 0.3) is 0 Å². The highest BCUT2D eigenvalue weighted by atomic mass is 35.5. The van der Waals surface area contributed by atoms with Gasteiger partial charge in [-0.05, 0) is 26.0 Å². The molecule has 0 bridgehead atoms. The summed E-state index contributed by atoms with van der Waals surface area (Å²) in [7, 11) is 0. The van der Waals surface area contributed by atoms with Gasteiger partial charge in [0, 0.05) is 6.20 Å². The van der Waals surface area contributed by atoms with Crippen LogP contribution in [0, 0.1) is 13.8 Å². The molecule has 2 aromatic rings. The number of nitrogens with two attached hydrogens (primary N) is 1. The summed E-state index contributed by atoms with van der Waals surface area (Å²) < 4.78 is 1.78. The van der Waals surface area contributed by atoms with Gasteiger partial charge in [-0.3, -0.25) is 19.9 Å². The molecule has 3 N–H and O–H groups in total. The largest absolute Gasteiger partial charge is 0.290 e. The summed E-state index contributed by atoms with van der Waals surface area (Å²) in [6.45, 7) is 4.26. The van der Waals surface area contributed by atoms with E-state index in [1.165, 1.54) is 6.20 Å². The second kappa shape index (κ2) is 5.38. The first-order valence-corrected chi connectivity index (χ1v) is 6.06. The van der Waals surface area contributed by atoms with Gasteiger partial charge >= 0.3 is 0 Å². The first-order valence-electron chi connectivity index (χ1n) is 5.68. The summed E-state index contributed by atoms with van der Waals surface area (Å²) in [6.07, 6.45) is 1.48. The predicted molar refractivity (Wildman–Crippen MR) is 71.7 cm³/mol. The highest BCUT2D eigenvalue weighted by Gasteiger charge is 2.10. The van der Waals surface area contributed by atoms with Crippen LogP contribution in [0.3, 0.4) is 0 Å². The highest BCUT2D eigenvalue weighted by molar-refractivity contribution is 6.31. The van der Waals surface area contributed by atoms with Gasteiger partial charge < -0.3 is 0 Å². The molecular weight excluding hydrogens is 266 g/mol. The molecule has 0 radical (unpaired) electrons. The Kier molecular flexibility index (Phi) is 3.82. The molecule has 0 aliphatic carbocycles. The topological polar surface area (TPSA) is 85.8 Å². The molecule has 0 aromatic carbocycles. The summed E-state index contributed by atoms with van der Waals surface area (Å²) in [5.41, 5.74) is 4.94. The fourth-order valence-electron chi connectivity index (χ4n) is 1.72. The summed E-state index contributed by atoms with van der Waals surface area (Å²) in [6, 6.07) is 3.42. The Morgan fingerprint density at radius 2 is 2.21 bits per heavy atom. The van der Waals surface area contributed by atoms with Crippen molar-refractivity contribution in [3.63, 3.8) is 0 Å². The number of hydrazine groups is 1. The lowest BCUT2D eigenvalue weighted by atomic mass is 10.2. The van der Waals surface area contributed by atoms with Crippen LogP contribution in [0.4, 0.5) is 0 Å². The van der Waals surface area contributed by atoms with Gasteiger partial charge in [0.2, 0.25) is 0 Å². The van der Waals surface area contributed by atoms with E-state index < -0.39 is 0 Å². The molecule has 0 saturated heterocycles. The van der Waals surface area contributed by atoms with E-state index in [9.17, 15) is 4.79 Å². The van der Waals surface area contributed by atoms with E-state index in [-0.39, 0.29) is 5.91 Å². The van der Waals surface area contributed by atoms with E-state index in [2.05, 4.69) is 15.5 Å². The average molecular weight is 280 g/mol. The Hall–Kier alpha value is -1.92. The first kappa shape index (κ1) is 13.5. The van der Waals surface area contributed by atoms with Gasteiger partial charge in [-0.2, -0.15) is 5.10 Å². The smallest absolute Gasteiger partial charge is 0.266 e. The van der Waals surface area contributed by atoms with Crippen molar-refractivity contribution in [1.82, 2.24) is 20.2 Å². The number of amides is 1. The van der Waals surface area contributed by atoms with Gasteiger partial charge in [0.05, 0.1) is 34.2 Å². The number of rotatable bonds is 3. The second-order valence-corrected chi connectivity index (χ2v) is 4.53. The number of aryl methyl sites for hydroxylation is 1. The number of pyridine rings is 1. The van der Waals surface area contributed by atoms with Crippen molar-refractivity contribution in [2.75, 3.05) is 0 Å². The van der Waals surface area contributed by atoms with Crippen LogP contribution in [-0.4, -0.2) is 20.7 Å². The number of nitrogens with one attached hydrogen (secondary N) is 1. The molecule has 19 heavy (non-hydrogen) atoms. The molecule has 2 heterocycles. The molecule has 7 heteroatoms. The molecule has 0 aliphatic rings. The van der Waals surface area contributed by atoms with Crippen LogP contribution < -0.4 is 11.3 Å². The normalized spacial score (nSPS) is 10.5. The number of aromatic nitrogens is 3. The summed E-state index contributed by atoms with van der Waals surface area (Å²) >= 11 is 6.08. The van der Waals surface area contributed by atoms with Crippen molar-refractivity contribution >= 4 is 17.5 Å². The fraction of sp³-hybridized carbons (Fsp3) is 0.250. The average Bonchev–Trinajstić information content (AvgIpc) is 2.66. The van der Waals surface area contributed by atoms with E-state index in [1.807, 2.05) is 13.8 Å². The highest BCUT2D eigenvalue weighted by Crippen LogP contribution is 2.19. The van der Waals surface area contributed by atoms with Gasteiger partial charge in [-0.1, -0.05) is 11.6 Å². The number of halogens is 1. The predicted octanol–water partition coefficient (Wildman–Crippen LogP) is 1.20. The molecule has 2 rings (SSSR count). The first-order chi connectivity index (χ1) is 9.02. The molecule has 1 amide bonds. The van der Waals surface area contributed by atoms with E-state index in [1.54, 1.807) is 16.8 Å². The molecular formula is C12H14ClN5O. The molecule has 0 saturated carbocycles. The lowest BCUT2D eigenvalue weighted by molar-refractivity contribution is 0.0953. The van der Waals surface area contributed by atoms with E-state index in [0.29, 0.717) is 17.1 Å². The van der Waals surface area contributed by atoms with Crippen molar-refractivity contribution in [2.45, 2.75) is 20.4 Å². The number of hydrogen-bond acceptors (Lipinski definition) is 4. The van der Waals surface area contributed by atoms with Gasteiger partial charge in [0.25, 0.3) is 5.91 Å². The zero-order valence-corrected chi connectivity index (χ0v) is 11.4. The minimum atomic E-state index is -0.367. The maximum Gasteiger partial charge on any atom is 0.266 e. The number of nitrogens with zero attached hydrogens (tertiary/aromatic N) is 3. The van der Waals surface area contributed by atoms with E-state index in [4.69, 9.17) is 17.4 Å². The zero-order valence-electron chi connectivity index (χ0n) is 10.6. The lowest BCUT2D eigenvalue weighted by Gasteiger charge is -2.05. The Labute approximate surface area is 115 Å². The Morgan fingerprint density at radius 3 is 2.68 bits per heavy atom. The minimum Gasteiger partial charge on any atom is -0.290 e. The second-order valence-electron chi connectivity index (χ2n) is 4.15. The zero-order chi connectivity index (χ0) is 14.0. The Balaban J connectivity index is 2.20. The quantitative estimate of drug-likeness (QED) is 0.502. The van der Waals surface area contributed by atoms with Crippen molar-refractivity contribution in [2.24, 2.45) is 5.84 Å². The molecule has 100 valence electrons. The molecule has 0 unspecified atom stereocenters. The van der Waals surface area contributed by atoms with Crippen LogP contribution >= 0.6 is 11.6 Å². The third-order valence-electron chi connectivity index (χ3n) is 2.82. The summed E-state index contributed by atoms with van der Waals surface area (Å²) in [5, 5.41) is 4.99. The molecule has 6 nitrogen and oxygen atoms in total. The third-order valence-corrected chi connectivity index (χ3v) is 3.37. The SMILES string of the molecule is Cc1nn(Cc2ccc(C(=O)NN)cn2)c(C)c1Cl. The van der Waals surface area contributed by atoms with Crippen LogP contribution in [0.15, 0.2) is 18.3 Å². The molecule has 2 aromatic heterocycles. The van der Waals surface area contributed by atoms with Gasteiger partial charge in [-0.25, -0.2) is 5.84 Å². The number of hydrogen-bond donors (Lipinski definition) is 2. The molecule has 0 atom stereocenters. The Morgan fingerprint density at radius 1 is 1.47 bits per heavy atom. The van der Waals surface area contributed by atoms with E-state index >= 15 is 0 Å². The van der Waals surface area contributed by atoms with E-state index in [0.717, 1.165) is 17.1 Å². The van der Waals surface area contributed by atoms with Crippen molar-refractivity contribution in [3.8, 4) is 0 Å². The third kappa shape index (κ3) is 2.74. The van der Waals surface area contributed by atoms with Gasteiger partial charge in [0.1, 0.15) is 0 Å². The maximum absolute atomic E-state index is 11.3. The number of carbonyl (C=O) groups excluding carboxylic acids is 1. The van der Waals surface area contributed by atoms with Crippen LogP contribution in [0.2, 0.25) is 5.02 Å². The van der Waals surface area contributed by atoms with Crippen molar-refractivity contribution < 1.29 is 4.79 Å². The fourth-order valence-corrected chi connectivity index (χ4v) is 1.85. The molecule has 0 aliphatic heterocycles. The molecule has 0 spiro atoms. The van der Waals surface area contributed by atoms with Crippen LogP contribution in [0.1, 0.15) is 27.4 Å². The van der Waals surface area contributed by atoms with Gasteiger partial charge in [0.15, 0.2) is 0 Å². The monoisotopic (exact) mass is 279 g/mol.